The van der Waals surface area contributed by atoms with Gasteiger partial charge in [0.2, 0.25) is 5.03 Å². The summed E-state index contributed by atoms with van der Waals surface area (Å²) >= 11 is 0. The van der Waals surface area contributed by atoms with Gasteiger partial charge in [0.1, 0.15) is 5.82 Å². The molecule has 192 valence electrons. The quantitative estimate of drug-likeness (QED) is 0.420. The molecule has 9 nitrogen and oxygen atoms in total. The zero-order valence-corrected chi connectivity index (χ0v) is 21.6. The molecule has 1 aromatic heterocycles. The molecule has 0 bridgehead atoms. The van der Waals surface area contributed by atoms with Crippen molar-refractivity contribution in [2.75, 3.05) is 31.5 Å². The van der Waals surface area contributed by atoms with Crippen molar-refractivity contribution in [2.24, 2.45) is 0 Å². The topological polar surface area (TPSA) is 107 Å². The van der Waals surface area contributed by atoms with Gasteiger partial charge in [-0.25, -0.2) is 12.8 Å². The second-order valence-electron chi connectivity index (χ2n) is 8.86. The normalized spacial score (nSPS) is 17.3. The molecule has 2 heterocycles. The average Bonchev–Trinajstić information content (AvgIpc) is 3.37. The standard InChI is InChI=1S/C25H32FN7O2S/c1-4-10-31-11-12-32(36(34,35)25-16-28-33(5-2)30-25)17-24(31)22-14-19(15-27)23(13-18(22)3)29-21-8-6-20(26)7-9-21/h6-9,13-16,24,27,29H,4-5,10-12,17H2,1-3H3/t24-/m1/s1. The summed E-state index contributed by atoms with van der Waals surface area (Å²) in [4.78, 5) is 3.67. The third kappa shape index (κ3) is 5.32. The fourth-order valence-electron chi connectivity index (χ4n) is 4.57. The van der Waals surface area contributed by atoms with Gasteiger partial charge in [0.25, 0.3) is 10.0 Å². The minimum Gasteiger partial charge on any atom is -0.355 e. The molecular formula is C25H32FN7O2S. The van der Waals surface area contributed by atoms with Crippen LogP contribution in [0.15, 0.2) is 47.6 Å². The highest BCUT2D eigenvalue weighted by Crippen LogP contribution is 2.34. The summed E-state index contributed by atoms with van der Waals surface area (Å²) in [6.45, 7) is 8.52. The number of benzene rings is 2. The van der Waals surface area contributed by atoms with Crippen molar-refractivity contribution >= 4 is 27.6 Å². The van der Waals surface area contributed by atoms with Crippen LogP contribution in [0, 0.1) is 18.2 Å². The Morgan fingerprint density at radius 2 is 1.94 bits per heavy atom. The molecule has 1 aliphatic rings. The lowest BCUT2D eigenvalue weighted by Gasteiger charge is -2.41. The Hall–Kier alpha value is -3.15. The molecule has 1 fully saturated rings. The summed E-state index contributed by atoms with van der Waals surface area (Å²) < 4.78 is 41.5. The summed E-state index contributed by atoms with van der Waals surface area (Å²) in [5.41, 5.74) is 4.07. The van der Waals surface area contributed by atoms with Crippen LogP contribution in [0.2, 0.25) is 0 Å². The predicted octanol–water partition coefficient (Wildman–Crippen LogP) is 3.94. The van der Waals surface area contributed by atoms with Gasteiger partial charge in [0.15, 0.2) is 0 Å². The number of piperazine rings is 1. The maximum atomic E-state index is 13.4. The Morgan fingerprint density at radius 1 is 1.19 bits per heavy atom. The highest BCUT2D eigenvalue weighted by molar-refractivity contribution is 7.89. The first-order chi connectivity index (χ1) is 17.3. The SMILES string of the molecule is CCCN1CCN(S(=O)(=O)c2cnn(CC)n2)C[C@@H]1c1cc(C=N)c(Nc2ccc(F)cc2)cc1C. The lowest BCUT2D eigenvalue weighted by Crippen LogP contribution is -2.50. The van der Waals surface area contributed by atoms with Crippen molar-refractivity contribution in [2.45, 2.75) is 44.8 Å². The Bertz CT molecular complexity index is 1320. The van der Waals surface area contributed by atoms with Gasteiger partial charge in [-0.3, -0.25) is 4.90 Å². The van der Waals surface area contributed by atoms with E-state index in [1.165, 1.54) is 33.6 Å². The third-order valence-corrected chi connectivity index (χ3v) is 8.17. The van der Waals surface area contributed by atoms with Crippen molar-refractivity contribution in [3.05, 3.63) is 65.1 Å². The molecule has 0 aliphatic carbocycles. The largest absolute Gasteiger partial charge is 0.355 e. The zero-order chi connectivity index (χ0) is 25.9. The van der Waals surface area contributed by atoms with Crippen LogP contribution < -0.4 is 5.32 Å². The molecule has 1 aliphatic heterocycles. The molecule has 3 aromatic rings. The first-order valence-corrected chi connectivity index (χ1v) is 13.5. The molecule has 4 rings (SSSR count). The molecule has 0 spiro atoms. The Morgan fingerprint density at radius 3 is 2.58 bits per heavy atom. The number of sulfonamides is 1. The monoisotopic (exact) mass is 513 g/mol. The fraction of sp³-hybridized carbons (Fsp3) is 0.400. The Kier molecular flexibility index (Phi) is 7.82. The number of rotatable bonds is 9. The number of hydrogen-bond acceptors (Lipinski definition) is 7. The summed E-state index contributed by atoms with van der Waals surface area (Å²) in [6.07, 6.45) is 3.52. The molecule has 1 saturated heterocycles. The zero-order valence-electron chi connectivity index (χ0n) is 20.8. The van der Waals surface area contributed by atoms with Crippen LogP contribution in [0.1, 0.15) is 43.0 Å². The lowest BCUT2D eigenvalue weighted by molar-refractivity contribution is 0.117. The van der Waals surface area contributed by atoms with Crippen LogP contribution in [-0.2, 0) is 16.6 Å². The van der Waals surface area contributed by atoms with E-state index in [1.54, 1.807) is 12.1 Å². The maximum Gasteiger partial charge on any atom is 0.264 e. The molecule has 36 heavy (non-hydrogen) atoms. The number of halogens is 1. The highest BCUT2D eigenvalue weighted by Gasteiger charge is 2.36. The molecule has 0 unspecified atom stereocenters. The van der Waals surface area contributed by atoms with Crippen LogP contribution in [0.5, 0.6) is 0 Å². The number of anilines is 2. The predicted molar refractivity (Wildman–Crippen MR) is 138 cm³/mol. The average molecular weight is 514 g/mol. The second kappa shape index (κ2) is 10.9. The fourth-order valence-corrected chi connectivity index (χ4v) is 5.87. The minimum atomic E-state index is -3.79. The van der Waals surface area contributed by atoms with Crippen molar-refractivity contribution in [3.8, 4) is 0 Å². The number of hydrogen-bond donors (Lipinski definition) is 2. The summed E-state index contributed by atoms with van der Waals surface area (Å²) in [7, 11) is -3.79. The van der Waals surface area contributed by atoms with Crippen LogP contribution in [0.4, 0.5) is 15.8 Å². The number of aryl methyl sites for hydroxylation is 2. The summed E-state index contributed by atoms with van der Waals surface area (Å²) in [5, 5.41) is 19.4. The second-order valence-corrected chi connectivity index (χ2v) is 10.7. The van der Waals surface area contributed by atoms with Gasteiger partial charge in [-0.05, 0) is 74.3 Å². The number of aromatic nitrogens is 3. The van der Waals surface area contributed by atoms with E-state index in [2.05, 4.69) is 27.3 Å². The van der Waals surface area contributed by atoms with Crippen LogP contribution in [0.25, 0.3) is 0 Å². The first-order valence-electron chi connectivity index (χ1n) is 12.1. The maximum absolute atomic E-state index is 13.4. The van der Waals surface area contributed by atoms with Gasteiger partial charge in [0, 0.05) is 48.8 Å². The lowest BCUT2D eigenvalue weighted by atomic mass is 9.94. The minimum absolute atomic E-state index is 0.0391. The van der Waals surface area contributed by atoms with Crippen molar-refractivity contribution in [1.82, 2.24) is 24.2 Å². The molecule has 0 amide bonds. The van der Waals surface area contributed by atoms with Crippen LogP contribution >= 0.6 is 0 Å². The summed E-state index contributed by atoms with van der Waals surface area (Å²) in [5.74, 6) is -0.315. The molecular weight excluding hydrogens is 481 g/mol. The van der Waals surface area contributed by atoms with Gasteiger partial charge in [-0.2, -0.15) is 14.2 Å². The number of nitrogens with zero attached hydrogens (tertiary/aromatic N) is 5. The van der Waals surface area contributed by atoms with Gasteiger partial charge in [0.05, 0.1) is 12.7 Å². The molecule has 0 saturated carbocycles. The molecule has 2 N–H and O–H groups in total. The third-order valence-electron chi connectivity index (χ3n) is 6.44. The van der Waals surface area contributed by atoms with E-state index in [0.717, 1.165) is 29.8 Å². The van der Waals surface area contributed by atoms with Gasteiger partial charge >= 0.3 is 0 Å². The van der Waals surface area contributed by atoms with E-state index in [4.69, 9.17) is 5.41 Å². The van der Waals surface area contributed by atoms with E-state index >= 15 is 0 Å². The smallest absolute Gasteiger partial charge is 0.264 e. The van der Waals surface area contributed by atoms with Gasteiger partial charge in [-0.15, -0.1) is 5.10 Å². The Balaban J connectivity index is 1.66. The van der Waals surface area contributed by atoms with E-state index in [-0.39, 0.29) is 23.4 Å². The molecule has 11 heteroatoms. The van der Waals surface area contributed by atoms with E-state index in [0.29, 0.717) is 30.9 Å². The van der Waals surface area contributed by atoms with Gasteiger partial charge in [-0.1, -0.05) is 6.92 Å². The van der Waals surface area contributed by atoms with Gasteiger partial charge < -0.3 is 10.7 Å². The molecule has 1 atom stereocenters. The van der Waals surface area contributed by atoms with Crippen LogP contribution in [0.3, 0.4) is 0 Å². The van der Waals surface area contributed by atoms with Crippen molar-refractivity contribution < 1.29 is 12.8 Å². The van der Waals surface area contributed by atoms with E-state index in [9.17, 15) is 12.8 Å². The number of nitrogens with one attached hydrogen (secondary N) is 2. The van der Waals surface area contributed by atoms with Crippen molar-refractivity contribution in [3.63, 3.8) is 0 Å². The highest BCUT2D eigenvalue weighted by atomic mass is 32.2. The molecule has 2 aromatic carbocycles. The molecule has 0 radical (unpaired) electrons. The van der Waals surface area contributed by atoms with E-state index < -0.39 is 10.0 Å². The first kappa shape index (κ1) is 25.9. The Labute approximate surface area is 211 Å². The van der Waals surface area contributed by atoms with Crippen LogP contribution in [-0.4, -0.2) is 65.0 Å². The van der Waals surface area contributed by atoms with Crippen molar-refractivity contribution in [1.29, 1.82) is 5.41 Å². The summed E-state index contributed by atoms with van der Waals surface area (Å²) in [6, 6.07) is 9.79. The van der Waals surface area contributed by atoms with E-state index in [1.807, 2.05) is 26.0 Å².